The van der Waals surface area contributed by atoms with E-state index in [1.807, 2.05) is 38.1 Å². The molecule has 82 valence electrons. The second-order valence-corrected chi connectivity index (χ2v) is 4.52. The van der Waals surface area contributed by atoms with Gasteiger partial charge in [-0.3, -0.25) is 0 Å². The summed E-state index contributed by atoms with van der Waals surface area (Å²) in [7, 11) is 0. The van der Waals surface area contributed by atoms with Gasteiger partial charge in [0, 0.05) is 10.8 Å². The second kappa shape index (κ2) is 3.63. The molecule has 0 aromatic heterocycles. The fraction of sp³-hybridized carbons (Fsp3) is 0.214. The van der Waals surface area contributed by atoms with Crippen LogP contribution in [0.1, 0.15) is 19.4 Å². The molecule has 0 bridgehead atoms. The number of rotatable bonds is 2. The number of phenols is 1. The molecule has 0 heterocycles. The SMILES string of the molecule is CC(C)(C=O)c1cccc2c(O)cccc12. The molecule has 0 aliphatic rings. The van der Waals surface area contributed by atoms with Crippen molar-refractivity contribution in [2.75, 3.05) is 0 Å². The minimum atomic E-state index is -0.534. The van der Waals surface area contributed by atoms with E-state index < -0.39 is 5.41 Å². The van der Waals surface area contributed by atoms with E-state index >= 15 is 0 Å². The van der Waals surface area contributed by atoms with E-state index in [4.69, 9.17) is 0 Å². The van der Waals surface area contributed by atoms with Crippen molar-refractivity contribution in [2.45, 2.75) is 19.3 Å². The van der Waals surface area contributed by atoms with Crippen LogP contribution in [-0.4, -0.2) is 11.4 Å². The van der Waals surface area contributed by atoms with Crippen molar-refractivity contribution in [1.29, 1.82) is 0 Å². The highest BCUT2D eigenvalue weighted by Gasteiger charge is 2.21. The molecule has 0 unspecified atom stereocenters. The summed E-state index contributed by atoms with van der Waals surface area (Å²) >= 11 is 0. The van der Waals surface area contributed by atoms with Crippen molar-refractivity contribution < 1.29 is 9.90 Å². The van der Waals surface area contributed by atoms with Gasteiger partial charge in [0.15, 0.2) is 0 Å². The number of aldehydes is 1. The van der Waals surface area contributed by atoms with Gasteiger partial charge in [-0.15, -0.1) is 0 Å². The summed E-state index contributed by atoms with van der Waals surface area (Å²) < 4.78 is 0. The van der Waals surface area contributed by atoms with Crippen LogP contribution >= 0.6 is 0 Å². The van der Waals surface area contributed by atoms with Crippen LogP contribution in [0.3, 0.4) is 0 Å². The van der Waals surface area contributed by atoms with E-state index in [0.29, 0.717) is 0 Å². The first-order valence-corrected chi connectivity index (χ1v) is 5.24. The highest BCUT2D eigenvalue weighted by Crippen LogP contribution is 2.32. The van der Waals surface area contributed by atoms with Crippen molar-refractivity contribution in [3.8, 4) is 5.75 Å². The quantitative estimate of drug-likeness (QED) is 0.780. The first kappa shape index (κ1) is 10.7. The van der Waals surface area contributed by atoms with Gasteiger partial charge in [0.2, 0.25) is 0 Å². The lowest BCUT2D eigenvalue weighted by molar-refractivity contribution is -0.111. The Morgan fingerprint density at radius 1 is 1.06 bits per heavy atom. The highest BCUT2D eigenvalue weighted by atomic mass is 16.3. The number of hydrogen-bond donors (Lipinski definition) is 1. The molecule has 16 heavy (non-hydrogen) atoms. The number of benzene rings is 2. The average molecular weight is 214 g/mol. The molecule has 0 spiro atoms. The average Bonchev–Trinajstić information content (AvgIpc) is 2.29. The molecule has 0 aliphatic carbocycles. The lowest BCUT2D eigenvalue weighted by atomic mass is 9.83. The number of phenolic OH excluding ortho intramolecular Hbond substituents is 1. The second-order valence-electron chi connectivity index (χ2n) is 4.52. The van der Waals surface area contributed by atoms with Gasteiger partial charge in [0.25, 0.3) is 0 Å². The topological polar surface area (TPSA) is 37.3 Å². The minimum Gasteiger partial charge on any atom is -0.507 e. The molecule has 0 fully saturated rings. The molecule has 0 saturated carbocycles. The molecular formula is C14H14O2. The molecule has 0 atom stereocenters. The maximum atomic E-state index is 11.1. The van der Waals surface area contributed by atoms with E-state index in [1.54, 1.807) is 12.1 Å². The monoisotopic (exact) mass is 214 g/mol. The first-order valence-electron chi connectivity index (χ1n) is 5.24. The molecule has 0 amide bonds. The Bertz CT molecular complexity index is 541. The van der Waals surface area contributed by atoms with Gasteiger partial charge in [0.1, 0.15) is 12.0 Å². The van der Waals surface area contributed by atoms with Gasteiger partial charge in [0.05, 0.1) is 0 Å². The highest BCUT2D eigenvalue weighted by molar-refractivity contribution is 5.93. The fourth-order valence-electron chi connectivity index (χ4n) is 1.92. The van der Waals surface area contributed by atoms with E-state index in [0.717, 1.165) is 22.6 Å². The molecule has 0 saturated heterocycles. The number of carbonyl (C=O) groups excluding carboxylic acids is 1. The van der Waals surface area contributed by atoms with Crippen LogP contribution in [0.2, 0.25) is 0 Å². The van der Waals surface area contributed by atoms with Gasteiger partial charge < -0.3 is 9.90 Å². The Labute approximate surface area is 94.5 Å². The van der Waals surface area contributed by atoms with Gasteiger partial charge in [-0.25, -0.2) is 0 Å². The fourth-order valence-corrected chi connectivity index (χ4v) is 1.92. The molecule has 2 nitrogen and oxygen atoms in total. The molecule has 2 aromatic rings. The lowest BCUT2D eigenvalue weighted by Crippen LogP contribution is -2.18. The molecular weight excluding hydrogens is 200 g/mol. The minimum absolute atomic E-state index is 0.251. The molecule has 2 heteroatoms. The van der Waals surface area contributed by atoms with Gasteiger partial charge in [-0.05, 0) is 30.9 Å². The van der Waals surface area contributed by atoms with Crippen LogP contribution in [0.4, 0.5) is 0 Å². The van der Waals surface area contributed by atoms with Crippen molar-refractivity contribution in [3.05, 3.63) is 42.0 Å². The Morgan fingerprint density at radius 3 is 2.38 bits per heavy atom. The van der Waals surface area contributed by atoms with Crippen LogP contribution in [0.15, 0.2) is 36.4 Å². The maximum Gasteiger partial charge on any atom is 0.129 e. The summed E-state index contributed by atoms with van der Waals surface area (Å²) in [6, 6.07) is 11.0. The molecule has 2 aromatic carbocycles. The molecule has 1 N–H and O–H groups in total. The summed E-state index contributed by atoms with van der Waals surface area (Å²) in [6.07, 6.45) is 0.936. The van der Waals surface area contributed by atoms with Crippen LogP contribution in [-0.2, 0) is 10.2 Å². The third-order valence-electron chi connectivity index (χ3n) is 2.89. The Kier molecular flexibility index (Phi) is 2.43. The van der Waals surface area contributed by atoms with E-state index in [2.05, 4.69) is 0 Å². The summed E-state index contributed by atoms with van der Waals surface area (Å²) in [4.78, 5) is 11.1. The lowest BCUT2D eigenvalue weighted by Gasteiger charge is -2.19. The van der Waals surface area contributed by atoms with Crippen LogP contribution in [0.5, 0.6) is 5.75 Å². The van der Waals surface area contributed by atoms with Crippen molar-refractivity contribution in [1.82, 2.24) is 0 Å². The van der Waals surface area contributed by atoms with Crippen molar-refractivity contribution in [3.63, 3.8) is 0 Å². The number of carbonyl (C=O) groups is 1. The molecule has 0 aliphatic heterocycles. The van der Waals surface area contributed by atoms with Gasteiger partial charge in [-0.1, -0.05) is 30.3 Å². The Hall–Kier alpha value is -1.83. The van der Waals surface area contributed by atoms with Crippen LogP contribution < -0.4 is 0 Å². The zero-order valence-electron chi connectivity index (χ0n) is 9.40. The largest absolute Gasteiger partial charge is 0.507 e. The zero-order valence-corrected chi connectivity index (χ0v) is 9.40. The van der Waals surface area contributed by atoms with Crippen LogP contribution in [0.25, 0.3) is 10.8 Å². The van der Waals surface area contributed by atoms with Crippen molar-refractivity contribution in [2.24, 2.45) is 0 Å². The third kappa shape index (κ3) is 1.56. The summed E-state index contributed by atoms with van der Waals surface area (Å²) in [6.45, 7) is 3.75. The Balaban J connectivity index is 2.82. The summed E-state index contributed by atoms with van der Waals surface area (Å²) in [5, 5.41) is 11.5. The van der Waals surface area contributed by atoms with Gasteiger partial charge >= 0.3 is 0 Å². The molecule has 0 radical (unpaired) electrons. The molecule has 2 rings (SSSR count). The predicted molar refractivity (Wildman–Crippen MR) is 64.7 cm³/mol. The summed E-state index contributed by atoms with van der Waals surface area (Å²) in [5.41, 5.74) is 0.406. The standard InChI is InChI=1S/C14H14O2/c1-14(2,9-15)12-7-3-6-11-10(12)5-4-8-13(11)16/h3-9,16H,1-2H3. The van der Waals surface area contributed by atoms with E-state index in [9.17, 15) is 9.90 Å². The Morgan fingerprint density at radius 2 is 1.69 bits per heavy atom. The number of aromatic hydroxyl groups is 1. The third-order valence-corrected chi connectivity index (χ3v) is 2.89. The van der Waals surface area contributed by atoms with Crippen molar-refractivity contribution >= 4 is 17.1 Å². The van der Waals surface area contributed by atoms with Crippen LogP contribution in [0, 0.1) is 0 Å². The van der Waals surface area contributed by atoms with Gasteiger partial charge in [-0.2, -0.15) is 0 Å². The number of fused-ring (bicyclic) bond motifs is 1. The first-order chi connectivity index (χ1) is 7.56. The van der Waals surface area contributed by atoms with E-state index in [-0.39, 0.29) is 5.75 Å². The van der Waals surface area contributed by atoms with E-state index in [1.165, 1.54) is 0 Å². The smallest absolute Gasteiger partial charge is 0.129 e. The number of hydrogen-bond acceptors (Lipinski definition) is 2. The summed E-state index contributed by atoms with van der Waals surface area (Å²) in [5.74, 6) is 0.251. The zero-order chi connectivity index (χ0) is 11.8. The maximum absolute atomic E-state index is 11.1. The predicted octanol–water partition coefficient (Wildman–Crippen LogP) is 3.02. The normalized spacial score (nSPS) is 11.6.